The average molecular weight is 369 g/mol. The van der Waals surface area contributed by atoms with Crippen LogP contribution in [-0.2, 0) is 6.42 Å². The molecule has 21 heavy (non-hydrogen) atoms. The molecule has 0 aliphatic carbocycles. The van der Waals surface area contributed by atoms with Crippen LogP contribution < -0.4 is 10.1 Å². The van der Waals surface area contributed by atoms with Crippen LogP contribution >= 0.6 is 27.5 Å². The maximum atomic E-state index is 6.10. The van der Waals surface area contributed by atoms with Crippen molar-refractivity contribution in [1.82, 2.24) is 0 Å². The quantitative estimate of drug-likeness (QED) is 0.722. The standard InChI is InChI=1S/C17H19BrClNO/c1-12(20-16-5-3-4-15(19)17(16)18)6-7-13-8-10-14(21-2)11-9-13/h3-5,8-12,20H,6-7H2,1-2H3. The molecule has 2 aromatic carbocycles. The average Bonchev–Trinajstić information content (AvgIpc) is 2.50. The number of hydrogen-bond acceptors (Lipinski definition) is 2. The third kappa shape index (κ3) is 4.65. The van der Waals surface area contributed by atoms with Crippen LogP contribution in [0.15, 0.2) is 46.9 Å². The van der Waals surface area contributed by atoms with Crippen LogP contribution in [0.3, 0.4) is 0 Å². The highest BCUT2D eigenvalue weighted by atomic mass is 79.9. The highest BCUT2D eigenvalue weighted by Gasteiger charge is 2.07. The van der Waals surface area contributed by atoms with Gasteiger partial charge < -0.3 is 10.1 Å². The first kappa shape index (κ1) is 16.2. The van der Waals surface area contributed by atoms with Crippen molar-refractivity contribution in [3.05, 3.63) is 57.5 Å². The molecule has 2 aromatic rings. The first-order valence-corrected chi connectivity index (χ1v) is 8.10. The largest absolute Gasteiger partial charge is 0.497 e. The van der Waals surface area contributed by atoms with Crippen molar-refractivity contribution in [3.8, 4) is 5.75 Å². The molecule has 2 rings (SSSR count). The van der Waals surface area contributed by atoms with Gasteiger partial charge in [0.1, 0.15) is 5.75 Å². The van der Waals surface area contributed by atoms with E-state index in [0.717, 1.165) is 33.8 Å². The number of nitrogens with one attached hydrogen (secondary N) is 1. The van der Waals surface area contributed by atoms with E-state index in [2.05, 4.69) is 40.3 Å². The predicted octanol–water partition coefficient (Wildman–Crippen LogP) is 5.54. The molecule has 4 heteroatoms. The second-order valence-electron chi connectivity index (χ2n) is 5.03. The molecule has 0 saturated heterocycles. The normalized spacial score (nSPS) is 12.0. The molecule has 0 heterocycles. The summed E-state index contributed by atoms with van der Waals surface area (Å²) in [4.78, 5) is 0. The van der Waals surface area contributed by atoms with Gasteiger partial charge in [0, 0.05) is 6.04 Å². The SMILES string of the molecule is COc1ccc(CCC(C)Nc2cccc(Cl)c2Br)cc1. The highest BCUT2D eigenvalue weighted by molar-refractivity contribution is 9.10. The molecule has 1 N–H and O–H groups in total. The summed E-state index contributed by atoms with van der Waals surface area (Å²) in [6.07, 6.45) is 2.07. The van der Waals surface area contributed by atoms with Gasteiger partial charge in [0.05, 0.1) is 22.3 Å². The molecule has 0 fully saturated rings. The number of anilines is 1. The summed E-state index contributed by atoms with van der Waals surface area (Å²) >= 11 is 9.61. The van der Waals surface area contributed by atoms with Crippen molar-refractivity contribution in [3.63, 3.8) is 0 Å². The Morgan fingerprint density at radius 3 is 2.57 bits per heavy atom. The van der Waals surface area contributed by atoms with Crippen molar-refractivity contribution in [2.45, 2.75) is 25.8 Å². The number of benzene rings is 2. The topological polar surface area (TPSA) is 21.3 Å². The molecule has 0 aromatic heterocycles. The summed E-state index contributed by atoms with van der Waals surface area (Å²) in [7, 11) is 1.68. The van der Waals surface area contributed by atoms with Gasteiger partial charge in [0.2, 0.25) is 0 Å². The number of halogens is 2. The molecule has 1 unspecified atom stereocenters. The van der Waals surface area contributed by atoms with E-state index >= 15 is 0 Å². The fraction of sp³-hybridized carbons (Fsp3) is 0.294. The molecule has 0 spiro atoms. The third-order valence-electron chi connectivity index (χ3n) is 3.38. The second kappa shape index (κ2) is 7.71. The van der Waals surface area contributed by atoms with Crippen LogP contribution in [0, 0.1) is 0 Å². The van der Waals surface area contributed by atoms with Crippen LogP contribution in [-0.4, -0.2) is 13.2 Å². The molecule has 1 atom stereocenters. The van der Waals surface area contributed by atoms with Crippen molar-refractivity contribution in [1.29, 1.82) is 0 Å². The molecule has 0 aliphatic rings. The minimum Gasteiger partial charge on any atom is -0.497 e. The molecule has 0 bridgehead atoms. The minimum atomic E-state index is 0.363. The molecular weight excluding hydrogens is 350 g/mol. The van der Waals surface area contributed by atoms with Crippen LogP contribution in [0.2, 0.25) is 5.02 Å². The lowest BCUT2D eigenvalue weighted by atomic mass is 10.1. The first-order valence-electron chi connectivity index (χ1n) is 6.93. The van der Waals surface area contributed by atoms with E-state index in [4.69, 9.17) is 16.3 Å². The fourth-order valence-electron chi connectivity index (χ4n) is 2.13. The Labute approximate surface area is 139 Å². The Kier molecular flexibility index (Phi) is 5.95. The number of hydrogen-bond donors (Lipinski definition) is 1. The zero-order valence-electron chi connectivity index (χ0n) is 12.2. The summed E-state index contributed by atoms with van der Waals surface area (Å²) < 4.78 is 6.09. The highest BCUT2D eigenvalue weighted by Crippen LogP contribution is 2.30. The van der Waals surface area contributed by atoms with Crippen LogP contribution in [0.4, 0.5) is 5.69 Å². The smallest absolute Gasteiger partial charge is 0.118 e. The van der Waals surface area contributed by atoms with Crippen LogP contribution in [0.5, 0.6) is 5.75 Å². The zero-order chi connectivity index (χ0) is 15.2. The Morgan fingerprint density at radius 2 is 1.90 bits per heavy atom. The van der Waals surface area contributed by atoms with E-state index in [1.165, 1.54) is 5.56 Å². The zero-order valence-corrected chi connectivity index (χ0v) is 14.5. The van der Waals surface area contributed by atoms with Crippen molar-refractivity contribution < 1.29 is 4.74 Å². The fourth-order valence-corrected chi connectivity index (χ4v) is 2.68. The van der Waals surface area contributed by atoms with E-state index in [9.17, 15) is 0 Å². The Balaban J connectivity index is 1.89. The van der Waals surface area contributed by atoms with E-state index < -0.39 is 0 Å². The minimum absolute atomic E-state index is 0.363. The molecular formula is C17H19BrClNO. The molecule has 0 aliphatic heterocycles. The van der Waals surface area contributed by atoms with Crippen molar-refractivity contribution in [2.24, 2.45) is 0 Å². The molecule has 0 saturated carbocycles. The molecule has 2 nitrogen and oxygen atoms in total. The first-order chi connectivity index (χ1) is 10.1. The maximum absolute atomic E-state index is 6.10. The van der Waals surface area contributed by atoms with Gasteiger partial charge in [-0.3, -0.25) is 0 Å². The summed E-state index contributed by atoms with van der Waals surface area (Å²) in [5, 5.41) is 4.21. The van der Waals surface area contributed by atoms with Crippen LogP contribution in [0.1, 0.15) is 18.9 Å². The number of rotatable bonds is 6. The predicted molar refractivity (Wildman–Crippen MR) is 93.6 cm³/mol. The van der Waals surface area contributed by atoms with E-state index in [1.54, 1.807) is 7.11 Å². The molecule has 0 radical (unpaired) electrons. The van der Waals surface area contributed by atoms with E-state index in [1.807, 2.05) is 30.3 Å². The van der Waals surface area contributed by atoms with Gasteiger partial charge in [-0.05, 0) is 65.5 Å². The summed E-state index contributed by atoms with van der Waals surface area (Å²) in [6.45, 7) is 2.18. The molecule has 112 valence electrons. The van der Waals surface area contributed by atoms with E-state index in [-0.39, 0.29) is 0 Å². The second-order valence-corrected chi connectivity index (χ2v) is 6.23. The van der Waals surface area contributed by atoms with Gasteiger partial charge >= 0.3 is 0 Å². The number of methoxy groups -OCH3 is 1. The Morgan fingerprint density at radius 1 is 1.19 bits per heavy atom. The lowest BCUT2D eigenvalue weighted by molar-refractivity contribution is 0.414. The monoisotopic (exact) mass is 367 g/mol. The maximum Gasteiger partial charge on any atom is 0.118 e. The summed E-state index contributed by atoms with van der Waals surface area (Å²) in [5.74, 6) is 0.896. The Bertz CT molecular complexity index is 586. The van der Waals surface area contributed by atoms with E-state index in [0.29, 0.717) is 6.04 Å². The van der Waals surface area contributed by atoms with Crippen LogP contribution in [0.25, 0.3) is 0 Å². The van der Waals surface area contributed by atoms with Gasteiger partial charge in [0.25, 0.3) is 0 Å². The van der Waals surface area contributed by atoms with Gasteiger partial charge in [-0.15, -0.1) is 0 Å². The lowest BCUT2D eigenvalue weighted by Gasteiger charge is -2.17. The summed E-state index contributed by atoms with van der Waals surface area (Å²) in [6, 6.07) is 14.4. The third-order valence-corrected chi connectivity index (χ3v) is 4.78. The number of ether oxygens (including phenoxy) is 1. The van der Waals surface area contributed by atoms with Crippen molar-refractivity contribution >= 4 is 33.2 Å². The van der Waals surface area contributed by atoms with Gasteiger partial charge in [0.15, 0.2) is 0 Å². The lowest BCUT2D eigenvalue weighted by Crippen LogP contribution is -2.16. The van der Waals surface area contributed by atoms with Gasteiger partial charge in [-0.1, -0.05) is 29.8 Å². The number of aryl methyl sites for hydroxylation is 1. The van der Waals surface area contributed by atoms with Crippen molar-refractivity contribution in [2.75, 3.05) is 12.4 Å². The van der Waals surface area contributed by atoms with Gasteiger partial charge in [-0.2, -0.15) is 0 Å². The molecule has 0 amide bonds. The van der Waals surface area contributed by atoms with Gasteiger partial charge in [-0.25, -0.2) is 0 Å². The Hall–Kier alpha value is -1.19. The summed E-state index contributed by atoms with van der Waals surface area (Å²) in [5.41, 5.74) is 2.35.